The highest BCUT2D eigenvalue weighted by atomic mass is 32.2. The molecule has 0 amide bonds. The van der Waals surface area contributed by atoms with Crippen molar-refractivity contribution in [3.63, 3.8) is 0 Å². The maximum Gasteiger partial charge on any atom is 0.214 e. The van der Waals surface area contributed by atoms with Crippen LogP contribution in [0.4, 0.5) is 0 Å². The predicted octanol–water partition coefficient (Wildman–Crippen LogP) is -0.224. The van der Waals surface area contributed by atoms with Crippen molar-refractivity contribution >= 4 is 10.0 Å². The number of morpholine rings is 1. The SMILES string of the molecule is CCCCS(=O)(=O)N1CCOCC1CN. The van der Waals surface area contributed by atoms with Gasteiger partial charge in [-0.15, -0.1) is 0 Å². The molecule has 1 heterocycles. The van der Waals surface area contributed by atoms with Gasteiger partial charge in [-0.2, -0.15) is 4.31 Å². The highest BCUT2D eigenvalue weighted by molar-refractivity contribution is 7.89. The van der Waals surface area contributed by atoms with Crippen LogP contribution in [0.15, 0.2) is 0 Å². The Hall–Kier alpha value is -0.170. The van der Waals surface area contributed by atoms with Gasteiger partial charge in [0.15, 0.2) is 0 Å². The normalized spacial score (nSPS) is 24.3. The average Bonchev–Trinajstić information content (AvgIpc) is 2.26. The Bertz CT molecular complexity index is 279. The minimum Gasteiger partial charge on any atom is -0.378 e. The van der Waals surface area contributed by atoms with Crippen LogP contribution in [-0.2, 0) is 14.8 Å². The fourth-order valence-electron chi connectivity index (χ4n) is 1.64. The summed E-state index contributed by atoms with van der Waals surface area (Å²) in [5.41, 5.74) is 5.53. The summed E-state index contributed by atoms with van der Waals surface area (Å²) in [7, 11) is -3.13. The zero-order valence-electron chi connectivity index (χ0n) is 9.18. The third-order valence-electron chi connectivity index (χ3n) is 2.56. The van der Waals surface area contributed by atoms with Crippen LogP contribution in [0.5, 0.6) is 0 Å². The van der Waals surface area contributed by atoms with Crippen LogP contribution in [0.2, 0.25) is 0 Å². The summed E-state index contributed by atoms with van der Waals surface area (Å²) in [6.45, 7) is 3.64. The minimum atomic E-state index is -3.13. The first-order valence-electron chi connectivity index (χ1n) is 5.39. The molecule has 0 aromatic rings. The molecule has 1 fully saturated rings. The number of nitrogens with zero attached hydrogens (tertiary/aromatic N) is 1. The van der Waals surface area contributed by atoms with Crippen LogP contribution in [0, 0.1) is 0 Å². The quantitative estimate of drug-likeness (QED) is 0.716. The lowest BCUT2D eigenvalue weighted by atomic mass is 10.3. The van der Waals surface area contributed by atoms with Crippen LogP contribution in [-0.4, -0.2) is 50.8 Å². The maximum atomic E-state index is 11.9. The van der Waals surface area contributed by atoms with E-state index in [0.29, 0.717) is 32.7 Å². The Morgan fingerprint density at radius 3 is 2.87 bits per heavy atom. The first kappa shape index (κ1) is 12.9. The van der Waals surface area contributed by atoms with Crippen molar-refractivity contribution in [3.8, 4) is 0 Å². The molecule has 0 spiro atoms. The fraction of sp³-hybridized carbons (Fsp3) is 1.00. The second kappa shape index (κ2) is 5.79. The summed E-state index contributed by atoms with van der Waals surface area (Å²) in [6.07, 6.45) is 1.59. The lowest BCUT2D eigenvalue weighted by Gasteiger charge is -2.33. The van der Waals surface area contributed by atoms with Gasteiger partial charge in [-0.3, -0.25) is 0 Å². The smallest absolute Gasteiger partial charge is 0.214 e. The fourth-order valence-corrected chi connectivity index (χ4v) is 3.48. The molecule has 0 aromatic carbocycles. The van der Waals surface area contributed by atoms with E-state index in [1.54, 1.807) is 0 Å². The van der Waals surface area contributed by atoms with E-state index in [9.17, 15) is 8.42 Å². The number of rotatable bonds is 5. The van der Waals surface area contributed by atoms with Crippen LogP contribution in [0.25, 0.3) is 0 Å². The molecular formula is C9H20N2O3S. The molecule has 6 heteroatoms. The van der Waals surface area contributed by atoms with Gasteiger partial charge in [0, 0.05) is 13.1 Å². The predicted molar refractivity (Wildman–Crippen MR) is 59.1 cm³/mol. The molecule has 0 saturated carbocycles. The first-order valence-corrected chi connectivity index (χ1v) is 7.00. The second-order valence-corrected chi connectivity index (χ2v) is 5.79. The van der Waals surface area contributed by atoms with E-state index in [-0.39, 0.29) is 11.8 Å². The van der Waals surface area contributed by atoms with Gasteiger partial charge in [0.05, 0.1) is 25.0 Å². The van der Waals surface area contributed by atoms with E-state index in [4.69, 9.17) is 10.5 Å². The topological polar surface area (TPSA) is 72.6 Å². The summed E-state index contributed by atoms with van der Waals surface area (Å²) >= 11 is 0. The van der Waals surface area contributed by atoms with Crippen LogP contribution >= 0.6 is 0 Å². The van der Waals surface area contributed by atoms with Gasteiger partial charge in [0.2, 0.25) is 10.0 Å². The van der Waals surface area contributed by atoms with Crippen molar-refractivity contribution in [2.45, 2.75) is 25.8 Å². The van der Waals surface area contributed by atoms with Gasteiger partial charge < -0.3 is 10.5 Å². The van der Waals surface area contributed by atoms with E-state index in [0.717, 1.165) is 6.42 Å². The summed E-state index contributed by atoms with van der Waals surface area (Å²) in [4.78, 5) is 0. The maximum absolute atomic E-state index is 11.9. The molecule has 15 heavy (non-hydrogen) atoms. The molecule has 5 nitrogen and oxygen atoms in total. The van der Waals surface area contributed by atoms with Gasteiger partial charge in [-0.05, 0) is 6.42 Å². The highest BCUT2D eigenvalue weighted by Crippen LogP contribution is 2.13. The minimum absolute atomic E-state index is 0.180. The van der Waals surface area contributed by atoms with E-state index < -0.39 is 10.0 Å². The molecule has 1 aliphatic rings. The van der Waals surface area contributed by atoms with E-state index >= 15 is 0 Å². The molecule has 1 aliphatic heterocycles. The molecule has 1 saturated heterocycles. The number of unbranched alkanes of at least 4 members (excludes halogenated alkanes) is 1. The van der Waals surface area contributed by atoms with Gasteiger partial charge in [0.25, 0.3) is 0 Å². The van der Waals surface area contributed by atoms with Crippen LogP contribution in [0.1, 0.15) is 19.8 Å². The van der Waals surface area contributed by atoms with Crippen molar-refractivity contribution in [1.82, 2.24) is 4.31 Å². The van der Waals surface area contributed by atoms with Crippen LogP contribution in [0.3, 0.4) is 0 Å². The average molecular weight is 236 g/mol. The Morgan fingerprint density at radius 2 is 2.27 bits per heavy atom. The summed E-state index contributed by atoms with van der Waals surface area (Å²) in [5.74, 6) is 0.222. The molecule has 90 valence electrons. The standard InChI is InChI=1S/C9H20N2O3S/c1-2-3-6-15(12,13)11-4-5-14-8-9(11)7-10/h9H,2-8,10H2,1H3. The Morgan fingerprint density at radius 1 is 1.53 bits per heavy atom. The van der Waals surface area contributed by atoms with E-state index in [1.807, 2.05) is 6.92 Å². The lowest BCUT2D eigenvalue weighted by Crippen LogP contribution is -2.52. The molecule has 2 N–H and O–H groups in total. The van der Waals surface area contributed by atoms with Crippen molar-refractivity contribution in [2.24, 2.45) is 5.73 Å². The third kappa shape index (κ3) is 3.41. The molecular weight excluding hydrogens is 216 g/mol. The van der Waals surface area contributed by atoms with Gasteiger partial charge in [0.1, 0.15) is 0 Å². The molecule has 1 atom stereocenters. The molecule has 0 aliphatic carbocycles. The largest absolute Gasteiger partial charge is 0.378 e. The van der Waals surface area contributed by atoms with E-state index in [2.05, 4.69) is 0 Å². The molecule has 1 unspecified atom stereocenters. The summed E-state index contributed by atoms with van der Waals surface area (Å²) < 4.78 is 30.6. The van der Waals surface area contributed by atoms with Gasteiger partial charge in [-0.1, -0.05) is 13.3 Å². The number of ether oxygens (including phenoxy) is 1. The Balaban J connectivity index is 2.65. The number of nitrogens with two attached hydrogens (primary N) is 1. The van der Waals surface area contributed by atoms with Gasteiger partial charge in [-0.25, -0.2) is 8.42 Å². The zero-order valence-corrected chi connectivity index (χ0v) is 10.0. The molecule has 1 rings (SSSR count). The summed E-state index contributed by atoms with van der Waals surface area (Å²) in [5, 5.41) is 0. The second-order valence-electron chi connectivity index (χ2n) is 3.74. The van der Waals surface area contributed by atoms with E-state index in [1.165, 1.54) is 4.31 Å². The Kier molecular flexibility index (Phi) is 4.98. The first-order chi connectivity index (χ1) is 7.11. The summed E-state index contributed by atoms with van der Waals surface area (Å²) in [6, 6.07) is -0.180. The number of hydrogen-bond acceptors (Lipinski definition) is 4. The van der Waals surface area contributed by atoms with Crippen molar-refractivity contribution < 1.29 is 13.2 Å². The van der Waals surface area contributed by atoms with Gasteiger partial charge >= 0.3 is 0 Å². The molecule has 0 bridgehead atoms. The number of sulfonamides is 1. The zero-order chi connectivity index (χ0) is 11.3. The third-order valence-corrected chi connectivity index (χ3v) is 4.56. The van der Waals surface area contributed by atoms with Crippen LogP contribution < -0.4 is 5.73 Å². The molecule has 0 radical (unpaired) electrons. The van der Waals surface area contributed by atoms with Crippen molar-refractivity contribution in [1.29, 1.82) is 0 Å². The number of hydrogen-bond donors (Lipinski definition) is 1. The Labute approximate surface area is 91.6 Å². The highest BCUT2D eigenvalue weighted by Gasteiger charge is 2.31. The van der Waals surface area contributed by atoms with Crippen molar-refractivity contribution in [2.75, 3.05) is 32.1 Å². The molecule has 0 aromatic heterocycles. The van der Waals surface area contributed by atoms with Crippen molar-refractivity contribution in [3.05, 3.63) is 0 Å². The lowest BCUT2D eigenvalue weighted by molar-refractivity contribution is 0.0358. The monoisotopic (exact) mass is 236 g/mol.